The van der Waals surface area contributed by atoms with Crippen LogP contribution in [-0.4, -0.2) is 93.5 Å². The zero-order valence-electron chi connectivity index (χ0n) is 80.6. The van der Waals surface area contributed by atoms with E-state index in [-0.39, 0.29) is 80.0 Å². The van der Waals surface area contributed by atoms with E-state index in [1.807, 2.05) is 214 Å². The lowest BCUT2D eigenvalue weighted by atomic mass is 9.80. The van der Waals surface area contributed by atoms with Gasteiger partial charge in [0.15, 0.2) is 0 Å². The molecule has 0 saturated heterocycles. The molecule has 0 fully saturated rings. The fourth-order valence-corrected chi connectivity index (χ4v) is 40.1. The van der Waals surface area contributed by atoms with Crippen LogP contribution in [0.4, 0.5) is 0 Å². The highest BCUT2D eigenvalue weighted by Crippen LogP contribution is 2.69. The van der Waals surface area contributed by atoms with Crippen LogP contribution in [0.15, 0.2) is 172 Å². The van der Waals surface area contributed by atoms with E-state index in [0.717, 1.165) is 45.3 Å². The van der Waals surface area contributed by atoms with Gasteiger partial charge in [-0.2, -0.15) is 0 Å². The van der Waals surface area contributed by atoms with Gasteiger partial charge in [-0.1, -0.05) is 330 Å². The summed E-state index contributed by atoms with van der Waals surface area (Å²) in [6.45, 7) is 35.6. The molecule has 0 aromatic heterocycles. The summed E-state index contributed by atoms with van der Waals surface area (Å²) in [6.07, 6.45) is 25.4. The summed E-state index contributed by atoms with van der Waals surface area (Å²) in [5, 5.41) is 3.70. The van der Waals surface area contributed by atoms with Gasteiger partial charge in [0.05, 0.1) is 73.1 Å². The fourth-order valence-electron chi connectivity index (χ4n) is 16.7. The summed E-state index contributed by atoms with van der Waals surface area (Å²) in [7, 11) is 0. The first-order valence-electron chi connectivity index (χ1n) is 47.3. The fraction of sp³-hybridized carbons (Fsp3) is 0.444. The molecule has 0 bridgehead atoms. The highest BCUT2D eigenvalue weighted by atomic mass is 32.3. The Kier molecular flexibility index (Phi) is 36.4. The lowest BCUT2D eigenvalue weighted by Crippen LogP contribution is -2.41. The Morgan fingerprint density at radius 2 is 0.455 bits per heavy atom. The van der Waals surface area contributed by atoms with Crippen molar-refractivity contribution in [3.63, 3.8) is 0 Å². The van der Waals surface area contributed by atoms with Crippen molar-refractivity contribution >= 4 is 255 Å². The number of carbonyl (C=O) groups is 4. The minimum absolute atomic E-state index is 0.138. The van der Waals surface area contributed by atoms with Gasteiger partial charge in [0.25, 0.3) is 23.6 Å². The van der Waals surface area contributed by atoms with Gasteiger partial charge < -0.3 is 18.9 Å². The molecule has 134 heavy (non-hydrogen) atoms. The summed E-state index contributed by atoms with van der Waals surface area (Å²) in [6, 6.07) is 39.6. The minimum Gasteiger partial charge on any atom is -0.457 e. The predicted octanol–water partition coefficient (Wildman–Crippen LogP) is 38.2. The topological polar surface area (TPSA) is 112 Å². The first-order chi connectivity index (χ1) is 64.4. The number of unbranched alkanes of at least 4 members (excludes halogenated alkanes) is 12. The summed E-state index contributed by atoms with van der Waals surface area (Å²) < 4.78 is 46.4. The van der Waals surface area contributed by atoms with Crippen LogP contribution in [0.5, 0.6) is 46.0 Å². The minimum atomic E-state index is -0.458. The van der Waals surface area contributed by atoms with E-state index in [1.54, 1.807) is 47.0 Å². The summed E-state index contributed by atoms with van der Waals surface area (Å²) in [4.78, 5) is 68.8. The van der Waals surface area contributed by atoms with E-state index in [2.05, 4.69) is 172 Å². The van der Waals surface area contributed by atoms with Crippen molar-refractivity contribution in [3.05, 3.63) is 217 Å². The number of thioether (sulfide) groups is 16. The average molecular weight is 2090 g/mol. The van der Waals surface area contributed by atoms with Gasteiger partial charge in [0.2, 0.25) is 0 Å². The Morgan fingerprint density at radius 1 is 0.254 bits per heavy atom. The number of amides is 4. The number of fused-ring (bicyclic) bond motifs is 2. The van der Waals surface area contributed by atoms with Gasteiger partial charge in [-0.25, -0.2) is 0 Å². The molecular formula is C108H126N2O8S16. The van der Waals surface area contributed by atoms with Crippen LogP contribution in [0.25, 0.3) is 43.1 Å². The van der Waals surface area contributed by atoms with E-state index < -0.39 is 23.6 Å². The van der Waals surface area contributed by atoms with Crippen molar-refractivity contribution in [2.45, 2.75) is 248 Å². The highest BCUT2D eigenvalue weighted by molar-refractivity contribution is 8.46. The number of ether oxygens (including phenoxy) is 4. The number of nitrogens with zero attached hydrogens (tertiary/aromatic N) is 2. The van der Waals surface area contributed by atoms with E-state index in [1.165, 1.54) is 163 Å². The molecule has 0 saturated carbocycles. The largest absolute Gasteiger partial charge is 0.457 e. The molecule has 10 nitrogen and oxygen atoms in total. The Bertz CT molecular complexity index is 5380. The molecule has 0 radical (unpaired) electrons. The molecule has 6 heterocycles. The van der Waals surface area contributed by atoms with E-state index >= 15 is 19.2 Å². The normalized spacial score (nSPS) is 15.9. The first-order valence-corrected chi connectivity index (χ1v) is 62.2. The van der Waals surface area contributed by atoms with Crippen LogP contribution in [0.1, 0.15) is 290 Å². The zero-order valence-corrected chi connectivity index (χ0v) is 93.7. The van der Waals surface area contributed by atoms with Crippen molar-refractivity contribution in [1.29, 1.82) is 0 Å². The predicted molar refractivity (Wildman–Crippen MR) is 610 cm³/mol. The lowest BCUT2D eigenvalue weighted by molar-refractivity contribution is 0.0595. The third-order valence-electron chi connectivity index (χ3n) is 24.2. The molecule has 9 aromatic rings. The Labute approximate surface area is 864 Å². The average Bonchev–Trinajstić information content (AvgIpc) is 0.797. The SMILES string of the molecule is CCCCCCSC1=C(SCCCCCC)SC(=C2SC(SC)=C(SCCCN3C(=O)c4cc(Oc5ccc(C(C)(C)C)cc5)c5c6c(Oc7ccc(C(C)(C)C)cc7)cc7c8c(cc(Oc9ccc(C(C)(C)C)cc9)c(c9c(Oc%10ccc(C(C)(C)C)cc%10)cc(c4c59)C3=O)c86)C(=O)N(CCCSC3=C(SC)SC(=C4SC(SCCCCCC)=C(SCCCCCC)S4)S3)C7=O)S2)S1. The Balaban J connectivity index is 0.850. The third-order valence-corrected chi connectivity index (χ3v) is 47.5. The van der Waals surface area contributed by atoms with Gasteiger partial charge in [-0.05, 0) is 191 Å². The molecule has 0 N–H and O–H groups in total. The van der Waals surface area contributed by atoms with Crippen molar-refractivity contribution in [2.75, 3.05) is 60.1 Å². The molecular weight excluding hydrogens is 1970 g/mol. The molecule has 4 amide bonds. The quantitative estimate of drug-likeness (QED) is 0.0156. The molecule has 6 aliphatic heterocycles. The number of hydrogen-bond acceptors (Lipinski definition) is 24. The van der Waals surface area contributed by atoms with Crippen LogP contribution >= 0.6 is 188 Å². The van der Waals surface area contributed by atoms with Gasteiger partial charge in [-0.3, -0.25) is 29.0 Å². The molecule has 712 valence electrons. The maximum Gasteiger partial charge on any atom is 0.261 e. The Hall–Kier alpha value is -4.20. The van der Waals surface area contributed by atoms with Gasteiger partial charge in [0.1, 0.15) is 46.0 Å². The lowest BCUT2D eigenvalue weighted by Gasteiger charge is -2.32. The van der Waals surface area contributed by atoms with Crippen LogP contribution in [0.3, 0.4) is 0 Å². The summed E-state index contributed by atoms with van der Waals surface area (Å²) in [5.41, 5.74) is 4.68. The maximum absolute atomic E-state index is 16.5. The molecule has 15 rings (SSSR count). The molecule has 0 aliphatic carbocycles. The van der Waals surface area contributed by atoms with Gasteiger partial charge >= 0.3 is 0 Å². The number of imide groups is 2. The third kappa shape index (κ3) is 24.5. The second-order valence-electron chi connectivity index (χ2n) is 38.4. The number of rotatable bonds is 44. The monoisotopic (exact) mass is 2090 g/mol. The highest BCUT2D eigenvalue weighted by Gasteiger charge is 2.43. The van der Waals surface area contributed by atoms with Crippen LogP contribution in [-0.2, 0) is 21.7 Å². The Morgan fingerprint density at radius 3 is 0.657 bits per heavy atom. The van der Waals surface area contributed by atoms with Crippen molar-refractivity contribution < 1.29 is 38.1 Å². The summed E-state index contributed by atoms with van der Waals surface area (Å²) in [5.74, 6) is 7.16. The molecule has 0 unspecified atom stereocenters. The van der Waals surface area contributed by atoms with Crippen molar-refractivity contribution in [1.82, 2.24) is 9.80 Å². The van der Waals surface area contributed by atoms with Gasteiger partial charge in [0, 0.05) is 67.7 Å². The molecule has 6 aliphatic rings. The zero-order chi connectivity index (χ0) is 94.9. The standard InChI is InChI=1S/C108H126N2O8S16/c1-19-23-27-31-55-121-97-98(122-56-32-28-24-20-2)132-103(131-97)101-127-93(119-17)95(129-101)125-59-35-53-109-89(111)73-61-77(115-69-45-37-65(38-46-69)105(5,6)7)83-85-79(117-71-49-41-67(42-50-71)107(11,12)13)63-75-82-76(92(114)110(91(75)113)54-36-60-126-96-94(120-18)128-102(130-96)104-133-99(123-57-33-29-25-21-3)100(134-104)124-58-34-30-26-22-4)64-80(118-72-51-43-68(44-52-72)108(14,15)16)86(88(82)85)84-78(62-74(90(109)112)81(73)87(83)84)116-70-47-39-66(40-48-70)106(8,9)10/h37-52,61-64H,19-36,53-60H2,1-18H3. The number of benzene rings is 9. The number of hydrogen-bond donors (Lipinski definition) is 0. The smallest absolute Gasteiger partial charge is 0.261 e. The molecule has 0 spiro atoms. The van der Waals surface area contributed by atoms with Crippen LogP contribution in [0, 0.1) is 0 Å². The second-order valence-corrected chi connectivity index (χ2v) is 58.0. The summed E-state index contributed by atoms with van der Waals surface area (Å²) >= 11 is 30.7. The molecule has 0 atom stereocenters. The van der Waals surface area contributed by atoms with Gasteiger partial charge in [-0.15, -0.1) is 94.1 Å². The number of carbonyl (C=O) groups excluding carboxylic acids is 4. The van der Waals surface area contributed by atoms with E-state index in [4.69, 9.17) is 18.9 Å². The van der Waals surface area contributed by atoms with Crippen molar-refractivity contribution in [3.8, 4) is 46.0 Å². The van der Waals surface area contributed by atoms with E-state index in [9.17, 15) is 0 Å². The second kappa shape index (κ2) is 46.9. The van der Waals surface area contributed by atoms with Crippen LogP contribution < -0.4 is 18.9 Å². The molecule has 9 aromatic carbocycles. The maximum atomic E-state index is 16.5. The first kappa shape index (κ1) is 104. The van der Waals surface area contributed by atoms with E-state index in [0.29, 0.717) is 90.4 Å². The molecule has 26 heteroatoms. The van der Waals surface area contributed by atoms with Crippen LogP contribution in [0.2, 0.25) is 0 Å². The van der Waals surface area contributed by atoms with Crippen molar-refractivity contribution in [2.24, 2.45) is 0 Å².